The number of furan rings is 1. The SMILES string of the molecule is O=C(Nc1ccccc1C(=O)N1CCCCC1)c1ccc(-c2cc(Cl)ccc2Cl)o1. The molecule has 154 valence electrons. The maximum absolute atomic E-state index is 12.9. The van der Waals surface area contributed by atoms with E-state index in [1.165, 1.54) is 0 Å². The van der Waals surface area contributed by atoms with Crippen molar-refractivity contribution in [3.05, 3.63) is 76.0 Å². The number of halogens is 2. The van der Waals surface area contributed by atoms with Crippen LogP contribution in [0.4, 0.5) is 5.69 Å². The van der Waals surface area contributed by atoms with Crippen LogP contribution in [0, 0.1) is 0 Å². The van der Waals surface area contributed by atoms with Crippen LogP contribution in [-0.2, 0) is 0 Å². The Morgan fingerprint density at radius 3 is 2.50 bits per heavy atom. The summed E-state index contributed by atoms with van der Waals surface area (Å²) in [5.74, 6) is 0.0290. The number of carbonyl (C=O) groups is 2. The fourth-order valence-corrected chi connectivity index (χ4v) is 3.90. The summed E-state index contributed by atoms with van der Waals surface area (Å²) in [5, 5.41) is 3.78. The van der Waals surface area contributed by atoms with Gasteiger partial charge in [-0.3, -0.25) is 9.59 Å². The number of hydrogen-bond donors (Lipinski definition) is 1. The highest BCUT2D eigenvalue weighted by Gasteiger charge is 2.22. The summed E-state index contributed by atoms with van der Waals surface area (Å²) >= 11 is 12.3. The number of carbonyl (C=O) groups excluding carboxylic acids is 2. The van der Waals surface area contributed by atoms with E-state index < -0.39 is 5.91 Å². The molecule has 1 aromatic heterocycles. The molecule has 0 aliphatic carbocycles. The van der Waals surface area contributed by atoms with Crippen molar-refractivity contribution in [1.29, 1.82) is 0 Å². The Morgan fingerprint density at radius 1 is 0.933 bits per heavy atom. The second-order valence-corrected chi connectivity index (χ2v) is 7.98. The van der Waals surface area contributed by atoms with Crippen molar-refractivity contribution < 1.29 is 14.0 Å². The third-order valence-corrected chi connectivity index (χ3v) is 5.64. The van der Waals surface area contributed by atoms with Gasteiger partial charge in [0.25, 0.3) is 11.8 Å². The summed E-state index contributed by atoms with van der Waals surface area (Å²) in [5.41, 5.74) is 1.53. The zero-order valence-corrected chi connectivity index (χ0v) is 17.7. The number of hydrogen-bond acceptors (Lipinski definition) is 3. The van der Waals surface area contributed by atoms with Crippen LogP contribution in [0.1, 0.15) is 40.2 Å². The lowest BCUT2D eigenvalue weighted by atomic mass is 10.1. The summed E-state index contributed by atoms with van der Waals surface area (Å²) in [6, 6.07) is 15.3. The van der Waals surface area contributed by atoms with Crippen molar-refractivity contribution in [2.45, 2.75) is 19.3 Å². The number of para-hydroxylation sites is 1. The third kappa shape index (κ3) is 4.37. The minimum atomic E-state index is -0.446. The summed E-state index contributed by atoms with van der Waals surface area (Å²) < 4.78 is 5.71. The van der Waals surface area contributed by atoms with E-state index in [4.69, 9.17) is 27.6 Å². The second kappa shape index (κ2) is 8.94. The lowest BCUT2D eigenvalue weighted by Gasteiger charge is -2.27. The molecule has 1 N–H and O–H groups in total. The van der Waals surface area contributed by atoms with E-state index in [9.17, 15) is 9.59 Å². The highest BCUT2D eigenvalue weighted by Crippen LogP contribution is 2.32. The Hall–Kier alpha value is -2.76. The molecule has 1 aliphatic heterocycles. The standard InChI is InChI=1S/C23H20Cl2N2O3/c24-15-8-9-18(25)17(14-15)20-10-11-21(30-20)22(28)26-19-7-3-2-6-16(19)23(29)27-12-4-1-5-13-27/h2-3,6-11,14H,1,4-5,12-13H2,(H,26,28). The average Bonchev–Trinajstić information content (AvgIpc) is 3.26. The Bertz CT molecular complexity index is 1090. The predicted octanol–water partition coefficient (Wildman–Crippen LogP) is 6.13. The van der Waals surface area contributed by atoms with E-state index in [1.807, 2.05) is 4.90 Å². The first-order chi connectivity index (χ1) is 14.5. The van der Waals surface area contributed by atoms with E-state index in [2.05, 4.69) is 5.32 Å². The summed E-state index contributed by atoms with van der Waals surface area (Å²) in [6.07, 6.45) is 3.14. The number of anilines is 1. The highest BCUT2D eigenvalue weighted by molar-refractivity contribution is 6.35. The number of likely N-dealkylation sites (tertiary alicyclic amines) is 1. The van der Waals surface area contributed by atoms with Crippen molar-refractivity contribution in [3.8, 4) is 11.3 Å². The molecule has 5 nitrogen and oxygen atoms in total. The smallest absolute Gasteiger partial charge is 0.291 e. The van der Waals surface area contributed by atoms with E-state index in [0.29, 0.717) is 32.6 Å². The molecule has 0 unspecified atom stereocenters. The number of benzene rings is 2. The van der Waals surface area contributed by atoms with Crippen molar-refractivity contribution in [2.75, 3.05) is 18.4 Å². The van der Waals surface area contributed by atoms with Crippen LogP contribution in [0.2, 0.25) is 10.0 Å². The van der Waals surface area contributed by atoms with E-state index >= 15 is 0 Å². The van der Waals surface area contributed by atoms with E-state index in [-0.39, 0.29) is 11.7 Å². The molecule has 30 heavy (non-hydrogen) atoms. The zero-order valence-electron chi connectivity index (χ0n) is 16.2. The molecule has 0 atom stereocenters. The predicted molar refractivity (Wildman–Crippen MR) is 118 cm³/mol. The number of piperidine rings is 1. The summed E-state index contributed by atoms with van der Waals surface area (Å²) in [7, 11) is 0. The van der Waals surface area contributed by atoms with Crippen LogP contribution < -0.4 is 5.32 Å². The maximum atomic E-state index is 12.9. The molecule has 0 bridgehead atoms. The van der Waals surface area contributed by atoms with Crippen LogP contribution >= 0.6 is 23.2 Å². The van der Waals surface area contributed by atoms with Gasteiger partial charge in [0.05, 0.1) is 16.3 Å². The molecule has 4 rings (SSSR count). The highest BCUT2D eigenvalue weighted by atomic mass is 35.5. The molecule has 2 heterocycles. The molecule has 3 aromatic rings. The maximum Gasteiger partial charge on any atom is 0.291 e. The van der Waals surface area contributed by atoms with Crippen molar-refractivity contribution in [2.24, 2.45) is 0 Å². The molecular weight excluding hydrogens is 423 g/mol. The summed E-state index contributed by atoms with van der Waals surface area (Å²) in [4.78, 5) is 27.5. The second-order valence-electron chi connectivity index (χ2n) is 7.14. The topological polar surface area (TPSA) is 62.6 Å². The van der Waals surface area contributed by atoms with Gasteiger partial charge in [-0.25, -0.2) is 0 Å². The summed E-state index contributed by atoms with van der Waals surface area (Å²) in [6.45, 7) is 1.48. The van der Waals surface area contributed by atoms with Gasteiger partial charge in [-0.15, -0.1) is 0 Å². The molecule has 1 aliphatic rings. The van der Waals surface area contributed by atoms with Crippen molar-refractivity contribution in [1.82, 2.24) is 4.90 Å². The van der Waals surface area contributed by atoms with Gasteiger partial charge in [-0.05, 0) is 61.7 Å². The lowest BCUT2D eigenvalue weighted by molar-refractivity contribution is 0.0725. The van der Waals surface area contributed by atoms with Crippen molar-refractivity contribution >= 4 is 40.7 Å². The minimum Gasteiger partial charge on any atom is -0.451 e. The van der Waals surface area contributed by atoms with Gasteiger partial charge in [0.2, 0.25) is 0 Å². The van der Waals surface area contributed by atoms with Crippen molar-refractivity contribution in [3.63, 3.8) is 0 Å². The van der Waals surface area contributed by atoms with Crippen LogP contribution in [0.5, 0.6) is 0 Å². The van der Waals surface area contributed by atoms with Crippen LogP contribution in [0.25, 0.3) is 11.3 Å². The van der Waals surface area contributed by atoms with E-state index in [1.54, 1.807) is 54.6 Å². The van der Waals surface area contributed by atoms with Gasteiger partial charge in [-0.2, -0.15) is 0 Å². The molecule has 0 spiro atoms. The van der Waals surface area contributed by atoms with Crippen LogP contribution in [0.15, 0.2) is 59.0 Å². The Labute approximate surface area is 184 Å². The van der Waals surface area contributed by atoms with Crippen LogP contribution in [-0.4, -0.2) is 29.8 Å². The average molecular weight is 443 g/mol. The first-order valence-corrected chi connectivity index (χ1v) is 10.5. The number of nitrogens with one attached hydrogen (secondary N) is 1. The Balaban J connectivity index is 1.54. The quantitative estimate of drug-likeness (QED) is 0.528. The Kier molecular flexibility index (Phi) is 6.11. The van der Waals surface area contributed by atoms with E-state index in [0.717, 1.165) is 32.4 Å². The molecule has 1 fully saturated rings. The molecule has 7 heteroatoms. The molecular formula is C23H20Cl2N2O3. The van der Waals surface area contributed by atoms with Gasteiger partial charge in [0.15, 0.2) is 5.76 Å². The van der Waals surface area contributed by atoms with Gasteiger partial charge in [0.1, 0.15) is 5.76 Å². The number of rotatable bonds is 4. The van der Waals surface area contributed by atoms with Crippen LogP contribution in [0.3, 0.4) is 0 Å². The molecule has 0 saturated carbocycles. The molecule has 2 aromatic carbocycles. The molecule has 0 radical (unpaired) electrons. The zero-order chi connectivity index (χ0) is 21.1. The minimum absolute atomic E-state index is 0.0727. The lowest BCUT2D eigenvalue weighted by Crippen LogP contribution is -2.36. The fraction of sp³-hybridized carbons (Fsp3) is 0.217. The molecule has 1 saturated heterocycles. The van der Waals surface area contributed by atoms with Gasteiger partial charge in [-0.1, -0.05) is 35.3 Å². The first-order valence-electron chi connectivity index (χ1n) is 9.78. The third-order valence-electron chi connectivity index (χ3n) is 5.07. The Morgan fingerprint density at radius 2 is 1.70 bits per heavy atom. The molecule has 2 amide bonds. The van der Waals surface area contributed by atoms with Gasteiger partial charge in [0, 0.05) is 23.7 Å². The number of nitrogens with zero attached hydrogens (tertiary/aromatic N) is 1. The van der Waals surface area contributed by atoms with Gasteiger partial charge >= 0.3 is 0 Å². The monoisotopic (exact) mass is 442 g/mol. The normalized spacial score (nSPS) is 13.9. The first kappa shape index (κ1) is 20.5. The number of amides is 2. The largest absolute Gasteiger partial charge is 0.451 e. The fourth-order valence-electron chi connectivity index (χ4n) is 3.52. The van der Waals surface area contributed by atoms with Gasteiger partial charge < -0.3 is 14.6 Å².